The number of carbonyl (C=O) groups excluding carboxylic acids is 1. The Kier molecular flexibility index (Phi) is 4.42. The lowest BCUT2D eigenvalue weighted by Gasteiger charge is -2.31. The van der Waals surface area contributed by atoms with Gasteiger partial charge in [-0.15, -0.1) is 11.3 Å². The Morgan fingerprint density at radius 3 is 2.86 bits per heavy atom. The molecule has 0 bridgehead atoms. The zero-order valence-electron chi connectivity index (χ0n) is 11.8. The predicted octanol–water partition coefficient (Wildman–Crippen LogP) is 3.90. The lowest BCUT2D eigenvalue weighted by molar-refractivity contribution is -0.121. The molecule has 0 saturated heterocycles. The molecular weight excluding hydrogens is 348 g/mol. The van der Waals surface area contributed by atoms with Crippen LogP contribution in [-0.2, 0) is 17.8 Å². The Morgan fingerprint density at radius 1 is 1.33 bits per heavy atom. The molecule has 1 aromatic heterocycles. The Bertz CT molecular complexity index is 638. The molecule has 0 saturated carbocycles. The summed E-state index contributed by atoms with van der Waals surface area (Å²) in [6.07, 6.45) is 1.04. The van der Waals surface area contributed by atoms with E-state index in [9.17, 15) is 4.79 Å². The van der Waals surface area contributed by atoms with Gasteiger partial charge in [0.2, 0.25) is 5.91 Å². The third kappa shape index (κ3) is 3.36. The van der Waals surface area contributed by atoms with Crippen molar-refractivity contribution in [2.24, 2.45) is 0 Å². The molecule has 3 nitrogen and oxygen atoms in total. The molecule has 0 fully saturated rings. The van der Waals surface area contributed by atoms with Crippen LogP contribution in [0.1, 0.15) is 17.4 Å². The largest absolute Gasteiger partial charge is 0.325 e. The molecule has 0 radical (unpaired) electrons. The van der Waals surface area contributed by atoms with Crippen LogP contribution in [0.5, 0.6) is 0 Å². The molecule has 1 amide bonds. The van der Waals surface area contributed by atoms with Crippen molar-refractivity contribution in [3.63, 3.8) is 0 Å². The molecule has 110 valence electrons. The summed E-state index contributed by atoms with van der Waals surface area (Å²) in [4.78, 5) is 16.1. The van der Waals surface area contributed by atoms with Gasteiger partial charge in [0.1, 0.15) is 0 Å². The molecule has 0 spiro atoms. The minimum absolute atomic E-state index is 0.0519. The first-order chi connectivity index (χ1) is 10.1. The van der Waals surface area contributed by atoms with Gasteiger partial charge in [-0.05, 0) is 54.6 Å². The molecule has 1 N–H and O–H groups in total. The summed E-state index contributed by atoms with van der Waals surface area (Å²) in [5.41, 5.74) is 2.21. The normalized spacial score (nSPS) is 16.3. The highest BCUT2D eigenvalue weighted by molar-refractivity contribution is 9.10. The fraction of sp³-hybridized carbons (Fsp3) is 0.312. The average molecular weight is 365 g/mol. The van der Waals surface area contributed by atoms with E-state index in [2.05, 4.69) is 37.6 Å². The molecule has 2 aromatic rings. The van der Waals surface area contributed by atoms with Crippen LogP contribution in [0.15, 0.2) is 40.2 Å². The van der Waals surface area contributed by atoms with E-state index in [0.29, 0.717) is 0 Å². The summed E-state index contributed by atoms with van der Waals surface area (Å²) < 4.78 is 1.01. The number of hydrogen-bond donors (Lipinski definition) is 1. The van der Waals surface area contributed by atoms with Gasteiger partial charge in [-0.3, -0.25) is 9.69 Å². The van der Waals surface area contributed by atoms with Crippen molar-refractivity contribution in [1.82, 2.24) is 4.90 Å². The third-order valence-electron chi connectivity index (χ3n) is 3.88. The van der Waals surface area contributed by atoms with Crippen molar-refractivity contribution in [3.05, 3.63) is 50.6 Å². The quantitative estimate of drug-likeness (QED) is 0.895. The number of amides is 1. The zero-order chi connectivity index (χ0) is 14.8. The molecular formula is C16H17BrN2OS. The van der Waals surface area contributed by atoms with Gasteiger partial charge in [0.15, 0.2) is 0 Å². The number of hydrogen-bond acceptors (Lipinski definition) is 3. The van der Waals surface area contributed by atoms with Gasteiger partial charge in [-0.2, -0.15) is 0 Å². The van der Waals surface area contributed by atoms with Gasteiger partial charge in [0.25, 0.3) is 0 Å². The highest BCUT2D eigenvalue weighted by Crippen LogP contribution is 2.25. The molecule has 1 unspecified atom stereocenters. The predicted molar refractivity (Wildman–Crippen MR) is 90.7 cm³/mol. The number of rotatable bonds is 3. The molecule has 3 rings (SSSR count). The van der Waals surface area contributed by atoms with Gasteiger partial charge < -0.3 is 5.32 Å². The maximum absolute atomic E-state index is 12.4. The van der Waals surface area contributed by atoms with E-state index >= 15 is 0 Å². The van der Waals surface area contributed by atoms with E-state index in [1.165, 1.54) is 10.4 Å². The number of fused-ring (bicyclic) bond motifs is 1. The molecule has 21 heavy (non-hydrogen) atoms. The summed E-state index contributed by atoms with van der Waals surface area (Å²) in [5.74, 6) is 0.0519. The van der Waals surface area contributed by atoms with Crippen molar-refractivity contribution in [3.8, 4) is 0 Å². The second kappa shape index (κ2) is 6.30. The van der Waals surface area contributed by atoms with E-state index < -0.39 is 0 Å². The molecule has 0 aliphatic carbocycles. The standard InChI is InChI=1S/C16H17BrN2OS/c1-11(16(20)18-14-4-2-13(17)3-5-14)19-8-6-15-12(10-19)7-9-21-15/h2-5,7,9,11H,6,8,10H2,1H3,(H,18,20). The van der Waals surface area contributed by atoms with Gasteiger partial charge >= 0.3 is 0 Å². The molecule has 1 atom stereocenters. The van der Waals surface area contributed by atoms with Crippen LogP contribution in [0.3, 0.4) is 0 Å². The first kappa shape index (κ1) is 14.8. The maximum atomic E-state index is 12.4. The summed E-state index contributed by atoms with van der Waals surface area (Å²) >= 11 is 5.21. The van der Waals surface area contributed by atoms with Crippen LogP contribution in [0.25, 0.3) is 0 Å². The number of thiophene rings is 1. The summed E-state index contributed by atoms with van der Waals surface area (Å²) in [6, 6.07) is 9.72. The molecule has 1 aromatic carbocycles. The molecule has 2 heterocycles. The van der Waals surface area contributed by atoms with Gasteiger partial charge in [-0.1, -0.05) is 15.9 Å². The highest BCUT2D eigenvalue weighted by Gasteiger charge is 2.25. The zero-order valence-corrected chi connectivity index (χ0v) is 14.2. The second-order valence-corrected chi connectivity index (χ2v) is 7.18. The van der Waals surface area contributed by atoms with E-state index in [0.717, 1.165) is 29.7 Å². The van der Waals surface area contributed by atoms with E-state index in [1.807, 2.05) is 42.5 Å². The Morgan fingerprint density at radius 2 is 2.10 bits per heavy atom. The first-order valence-corrected chi connectivity index (χ1v) is 8.66. The fourth-order valence-corrected chi connectivity index (χ4v) is 3.70. The van der Waals surface area contributed by atoms with Crippen LogP contribution < -0.4 is 5.32 Å². The number of nitrogens with zero attached hydrogens (tertiary/aromatic N) is 1. The van der Waals surface area contributed by atoms with E-state index in [4.69, 9.17) is 0 Å². The van der Waals surface area contributed by atoms with E-state index in [-0.39, 0.29) is 11.9 Å². The average Bonchev–Trinajstić information content (AvgIpc) is 2.96. The van der Waals surface area contributed by atoms with Crippen molar-refractivity contribution in [2.75, 3.05) is 11.9 Å². The van der Waals surface area contributed by atoms with Crippen LogP contribution >= 0.6 is 27.3 Å². The fourth-order valence-electron chi connectivity index (χ4n) is 2.55. The molecule has 1 aliphatic heterocycles. The second-order valence-electron chi connectivity index (χ2n) is 5.26. The van der Waals surface area contributed by atoms with Crippen LogP contribution in [0.4, 0.5) is 5.69 Å². The van der Waals surface area contributed by atoms with Crippen molar-refractivity contribution in [2.45, 2.75) is 25.9 Å². The minimum atomic E-state index is -0.123. The Labute approximate surface area is 137 Å². The lowest BCUT2D eigenvalue weighted by atomic mass is 10.1. The van der Waals surface area contributed by atoms with Gasteiger partial charge in [0.05, 0.1) is 6.04 Å². The molecule has 5 heteroatoms. The SMILES string of the molecule is CC(C(=O)Nc1ccc(Br)cc1)N1CCc2sccc2C1. The van der Waals surface area contributed by atoms with Crippen molar-refractivity contribution >= 4 is 38.9 Å². The summed E-state index contributed by atoms with van der Waals surface area (Å²) in [6.45, 7) is 3.79. The highest BCUT2D eigenvalue weighted by atomic mass is 79.9. The Balaban J connectivity index is 1.64. The number of anilines is 1. The van der Waals surface area contributed by atoms with Crippen LogP contribution in [0.2, 0.25) is 0 Å². The minimum Gasteiger partial charge on any atom is -0.325 e. The van der Waals surface area contributed by atoms with Crippen molar-refractivity contribution < 1.29 is 4.79 Å². The van der Waals surface area contributed by atoms with Crippen molar-refractivity contribution in [1.29, 1.82) is 0 Å². The molecule has 1 aliphatic rings. The Hall–Kier alpha value is -1.17. The number of carbonyl (C=O) groups is 1. The van der Waals surface area contributed by atoms with E-state index in [1.54, 1.807) is 0 Å². The lowest BCUT2D eigenvalue weighted by Crippen LogP contribution is -2.44. The topological polar surface area (TPSA) is 32.3 Å². The monoisotopic (exact) mass is 364 g/mol. The van der Waals surface area contributed by atoms with Gasteiger partial charge in [0, 0.05) is 28.1 Å². The summed E-state index contributed by atoms with van der Waals surface area (Å²) in [7, 11) is 0. The first-order valence-electron chi connectivity index (χ1n) is 6.99. The number of benzene rings is 1. The smallest absolute Gasteiger partial charge is 0.241 e. The van der Waals surface area contributed by atoms with Gasteiger partial charge in [-0.25, -0.2) is 0 Å². The maximum Gasteiger partial charge on any atom is 0.241 e. The number of nitrogens with one attached hydrogen (secondary N) is 1. The summed E-state index contributed by atoms with van der Waals surface area (Å²) in [5, 5.41) is 5.12. The van der Waals surface area contributed by atoms with Crippen LogP contribution in [-0.4, -0.2) is 23.4 Å². The third-order valence-corrected chi connectivity index (χ3v) is 5.43. The van der Waals surface area contributed by atoms with Crippen LogP contribution in [0, 0.1) is 0 Å². The number of halogens is 1.